The molecule has 0 aliphatic carbocycles. The number of aliphatic hydroxyl groups excluding tert-OH is 1. The second-order valence-electron chi connectivity index (χ2n) is 5.42. The molecule has 1 saturated heterocycles. The summed E-state index contributed by atoms with van der Waals surface area (Å²) in [5, 5.41) is 12.4. The van der Waals surface area contributed by atoms with Gasteiger partial charge in [0.1, 0.15) is 0 Å². The van der Waals surface area contributed by atoms with Crippen molar-refractivity contribution in [3.8, 4) is 0 Å². The van der Waals surface area contributed by atoms with Crippen LogP contribution in [0, 0.1) is 5.41 Å². The van der Waals surface area contributed by atoms with Crippen LogP contribution in [0.1, 0.15) is 18.9 Å². The zero-order chi connectivity index (χ0) is 13.7. The monoisotopic (exact) mass is 262 g/mol. The SMILES string of the molecule is CC1(C(=O)N(CCO)Cc2ccccc2)CCNC1. The van der Waals surface area contributed by atoms with E-state index < -0.39 is 0 Å². The minimum absolute atomic E-state index is 0.00207. The van der Waals surface area contributed by atoms with Crippen molar-refractivity contribution < 1.29 is 9.90 Å². The third-order valence-corrected chi connectivity index (χ3v) is 3.76. The molecule has 1 aromatic carbocycles. The molecule has 0 saturated carbocycles. The van der Waals surface area contributed by atoms with Crippen LogP contribution in [0.15, 0.2) is 30.3 Å². The van der Waals surface area contributed by atoms with Crippen molar-refractivity contribution in [2.45, 2.75) is 19.9 Å². The predicted octanol–water partition coefficient (Wildman–Crippen LogP) is 1.01. The molecule has 0 spiro atoms. The van der Waals surface area contributed by atoms with Crippen molar-refractivity contribution in [2.24, 2.45) is 5.41 Å². The maximum Gasteiger partial charge on any atom is 0.230 e. The standard InChI is InChI=1S/C15H22N2O2/c1-15(7-8-16-12-15)14(19)17(9-10-18)11-13-5-3-2-4-6-13/h2-6,16,18H,7-12H2,1H3. The van der Waals surface area contributed by atoms with Gasteiger partial charge in [0.15, 0.2) is 0 Å². The Bertz CT molecular complexity index is 413. The van der Waals surface area contributed by atoms with E-state index in [0.717, 1.165) is 25.1 Å². The molecule has 1 unspecified atom stereocenters. The lowest BCUT2D eigenvalue weighted by molar-refractivity contribution is -0.141. The quantitative estimate of drug-likeness (QED) is 0.832. The number of nitrogens with one attached hydrogen (secondary N) is 1. The van der Waals surface area contributed by atoms with Crippen molar-refractivity contribution in [3.63, 3.8) is 0 Å². The molecule has 2 N–H and O–H groups in total. The molecule has 1 fully saturated rings. The molecule has 1 atom stereocenters. The van der Waals surface area contributed by atoms with E-state index in [1.54, 1.807) is 4.90 Å². The van der Waals surface area contributed by atoms with Crippen LogP contribution in [0.2, 0.25) is 0 Å². The van der Waals surface area contributed by atoms with Crippen molar-refractivity contribution in [2.75, 3.05) is 26.2 Å². The molecular weight excluding hydrogens is 240 g/mol. The van der Waals surface area contributed by atoms with Crippen LogP contribution < -0.4 is 5.32 Å². The molecule has 1 aromatic rings. The van der Waals surface area contributed by atoms with E-state index in [4.69, 9.17) is 0 Å². The van der Waals surface area contributed by atoms with Gasteiger partial charge in [-0.05, 0) is 25.5 Å². The minimum atomic E-state index is -0.329. The number of hydrogen-bond donors (Lipinski definition) is 2. The van der Waals surface area contributed by atoms with Crippen LogP contribution in [0.4, 0.5) is 0 Å². The fraction of sp³-hybridized carbons (Fsp3) is 0.533. The number of benzene rings is 1. The summed E-state index contributed by atoms with van der Waals surface area (Å²) in [5.74, 6) is 0.135. The number of amides is 1. The molecule has 19 heavy (non-hydrogen) atoms. The average Bonchev–Trinajstić information content (AvgIpc) is 2.87. The van der Waals surface area contributed by atoms with Crippen molar-refractivity contribution in [1.82, 2.24) is 10.2 Å². The van der Waals surface area contributed by atoms with Gasteiger partial charge in [0.05, 0.1) is 12.0 Å². The summed E-state index contributed by atoms with van der Waals surface area (Å²) >= 11 is 0. The van der Waals surface area contributed by atoms with Gasteiger partial charge in [-0.25, -0.2) is 0 Å². The fourth-order valence-corrected chi connectivity index (χ4v) is 2.56. The number of hydrogen-bond acceptors (Lipinski definition) is 3. The molecule has 1 amide bonds. The lowest BCUT2D eigenvalue weighted by Crippen LogP contribution is -2.44. The van der Waals surface area contributed by atoms with Crippen molar-refractivity contribution in [3.05, 3.63) is 35.9 Å². The van der Waals surface area contributed by atoms with Gasteiger partial charge in [0.25, 0.3) is 0 Å². The molecule has 1 heterocycles. The number of rotatable bonds is 5. The highest BCUT2D eigenvalue weighted by Crippen LogP contribution is 2.27. The lowest BCUT2D eigenvalue weighted by Gasteiger charge is -2.31. The van der Waals surface area contributed by atoms with Crippen LogP contribution in [-0.4, -0.2) is 42.2 Å². The first-order valence-electron chi connectivity index (χ1n) is 6.80. The van der Waals surface area contributed by atoms with E-state index in [2.05, 4.69) is 5.32 Å². The normalized spacial score (nSPS) is 22.4. The molecule has 4 nitrogen and oxygen atoms in total. The molecule has 2 rings (SSSR count). The van der Waals surface area contributed by atoms with E-state index in [9.17, 15) is 9.90 Å². The molecule has 0 radical (unpaired) electrons. The summed E-state index contributed by atoms with van der Waals surface area (Å²) < 4.78 is 0. The first-order valence-corrected chi connectivity index (χ1v) is 6.80. The Morgan fingerprint density at radius 1 is 1.42 bits per heavy atom. The maximum absolute atomic E-state index is 12.6. The topological polar surface area (TPSA) is 52.6 Å². The molecular formula is C15H22N2O2. The van der Waals surface area contributed by atoms with Gasteiger partial charge in [0, 0.05) is 19.6 Å². The third kappa shape index (κ3) is 3.33. The van der Waals surface area contributed by atoms with E-state index >= 15 is 0 Å². The van der Waals surface area contributed by atoms with Crippen LogP contribution in [0.3, 0.4) is 0 Å². The van der Waals surface area contributed by atoms with Gasteiger partial charge >= 0.3 is 0 Å². The summed E-state index contributed by atoms with van der Waals surface area (Å²) in [4.78, 5) is 14.4. The fourth-order valence-electron chi connectivity index (χ4n) is 2.56. The first kappa shape index (κ1) is 14.0. The minimum Gasteiger partial charge on any atom is -0.395 e. The molecule has 0 bridgehead atoms. The van der Waals surface area contributed by atoms with E-state index in [-0.39, 0.29) is 17.9 Å². The summed E-state index contributed by atoms with van der Waals surface area (Å²) in [7, 11) is 0. The largest absolute Gasteiger partial charge is 0.395 e. The lowest BCUT2D eigenvalue weighted by atomic mass is 9.88. The number of carbonyl (C=O) groups excluding carboxylic acids is 1. The predicted molar refractivity (Wildman–Crippen MR) is 74.5 cm³/mol. The Kier molecular flexibility index (Phi) is 4.56. The van der Waals surface area contributed by atoms with Gasteiger partial charge in [0.2, 0.25) is 5.91 Å². The highest BCUT2D eigenvalue weighted by Gasteiger charge is 2.38. The second kappa shape index (κ2) is 6.17. The summed E-state index contributed by atoms with van der Waals surface area (Å²) in [6.45, 7) is 4.58. The van der Waals surface area contributed by atoms with Crippen molar-refractivity contribution >= 4 is 5.91 Å². The zero-order valence-corrected chi connectivity index (χ0v) is 11.4. The van der Waals surface area contributed by atoms with Crippen LogP contribution in [0.5, 0.6) is 0 Å². The number of aliphatic hydroxyl groups is 1. The Labute approximate surface area is 114 Å². The van der Waals surface area contributed by atoms with Gasteiger partial charge in [-0.2, -0.15) is 0 Å². The van der Waals surface area contributed by atoms with Gasteiger partial charge in [-0.3, -0.25) is 4.79 Å². The number of carbonyl (C=O) groups is 1. The summed E-state index contributed by atoms with van der Waals surface area (Å²) in [6, 6.07) is 9.91. The Morgan fingerprint density at radius 3 is 2.74 bits per heavy atom. The maximum atomic E-state index is 12.6. The molecule has 4 heteroatoms. The third-order valence-electron chi connectivity index (χ3n) is 3.76. The van der Waals surface area contributed by atoms with E-state index in [0.29, 0.717) is 13.1 Å². The number of nitrogens with zero attached hydrogens (tertiary/aromatic N) is 1. The highest BCUT2D eigenvalue weighted by atomic mass is 16.3. The summed E-state index contributed by atoms with van der Waals surface area (Å²) in [6.07, 6.45) is 0.864. The van der Waals surface area contributed by atoms with Crippen LogP contribution in [0.25, 0.3) is 0 Å². The molecule has 1 aliphatic heterocycles. The van der Waals surface area contributed by atoms with Crippen LogP contribution in [-0.2, 0) is 11.3 Å². The summed E-state index contributed by atoms with van der Waals surface area (Å²) in [5.41, 5.74) is 0.767. The van der Waals surface area contributed by atoms with E-state index in [1.807, 2.05) is 37.3 Å². The molecule has 104 valence electrons. The first-order chi connectivity index (χ1) is 9.15. The zero-order valence-electron chi connectivity index (χ0n) is 11.4. The smallest absolute Gasteiger partial charge is 0.230 e. The Balaban J connectivity index is 2.09. The molecule has 0 aromatic heterocycles. The van der Waals surface area contributed by atoms with Crippen LogP contribution >= 0.6 is 0 Å². The van der Waals surface area contributed by atoms with Crippen molar-refractivity contribution in [1.29, 1.82) is 0 Å². The van der Waals surface area contributed by atoms with E-state index in [1.165, 1.54) is 0 Å². The second-order valence-corrected chi connectivity index (χ2v) is 5.42. The van der Waals surface area contributed by atoms with Gasteiger partial charge < -0.3 is 15.3 Å². The highest BCUT2D eigenvalue weighted by molar-refractivity contribution is 5.83. The molecule has 1 aliphatic rings. The Morgan fingerprint density at radius 2 is 2.16 bits per heavy atom. The Hall–Kier alpha value is -1.39. The average molecular weight is 262 g/mol. The van der Waals surface area contributed by atoms with Gasteiger partial charge in [-0.1, -0.05) is 30.3 Å². The van der Waals surface area contributed by atoms with Gasteiger partial charge in [-0.15, -0.1) is 0 Å².